The minimum absolute atomic E-state index is 0.330. The van der Waals surface area contributed by atoms with Gasteiger partial charge >= 0.3 is 0 Å². The van der Waals surface area contributed by atoms with Gasteiger partial charge in [-0.15, -0.1) is 0 Å². The SMILES string of the molecule is CC1NC[C@H](c2ccc3ccccc3c2)[C@@H](c2ccccc2)N1. The predicted molar refractivity (Wildman–Crippen MR) is 96.5 cm³/mol. The number of benzene rings is 3. The second-order valence-electron chi connectivity index (χ2n) is 6.40. The molecule has 0 bridgehead atoms. The van der Waals surface area contributed by atoms with E-state index >= 15 is 0 Å². The highest BCUT2D eigenvalue weighted by molar-refractivity contribution is 5.83. The zero-order valence-electron chi connectivity index (χ0n) is 13.4. The molecule has 3 aromatic rings. The lowest BCUT2D eigenvalue weighted by atomic mass is 9.84. The first kappa shape index (κ1) is 14.4. The van der Waals surface area contributed by atoms with E-state index < -0.39 is 0 Å². The van der Waals surface area contributed by atoms with E-state index in [1.54, 1.807) is 0 Å². The zero-order chi connectivity index (χ0) is 15.6. The Bertz CT molecular complexity index is 797. The predicted octanol–water partition coefficient (Wildman–Crippen LogP) is 4.20. The van der Waals surface area contributed by atoms with E-state index in [9.17, 15) is 0 Å². The fraction of sp³-hybridized carbons (Fsp3) is 0.238. The van der Waals surface area contributed by atoms with Gasteiger partial charge in [-0.1, -0.05) is 72.8 Å². The zero-order valence-corrected chi connectivity index (χ0v) is 13.4. The van der Waals surface area contributed by atoms with E-state index in [1.165, 1.54) is 21.9 Å². The van der Waals surface area contributed by atoms with E-state index in [0.717, 1.165) is 6.54 Å². The van der Waals surface area contributed by atoms with Crippen LogP contribution in [0.1, 0.15) is 30.0 Å². The monoisotopic (exact) mass is 302 g/mol. The van der Waals surface area contributed by atoms with Crippen molar-refractivity contribution in [1.29, 1.82) is 0 Å². The Balaban J connectivity index is 1.74. The summed E-state index contributed by atoms with van der Waals surface area (Å²) in [5, 5.41) is 9.90. The van der Waals surface area contributed by atoms with Gasteiger partial charge in [-0.2, -0.15) is 0 Å². The Hall–Kier alpha value is -2.16. The summed E-state index contributed by atoms with van der Waals surface area (Å²) in [7, 11) is 0. The Labute approximate surface area is 137 Å². The van der Waals surface area contributed by atoms with Gasteiger partial charge in [0.05, 0.1) is 6.17 Å². The summed E-state index contributed by atoms with van der Waals surface area (Å²) >= 11 is 0. The van der Waals surface area contributed by atoms with Gasteiger partial charge in [-0.25, -0.2) is 0 Å². The maximum atomic E-state index is 3.72. The first-order valence-corrected chi connectivity index (χ1v) is 8.34. The number of rotatable bonds is 2. The van der Waals surface area contributed by atoms with Gasteiger partial charge in [0.25, 0.3) is 0 Å². The van der Waals surface area contributed by atoms with Crippen molar-refractivity contribution in [2.24, 2.45) is 0 Å². The second kappa shape index (κ2) is 6.15. The Morgan fingerprint density at radius 1 is 0.783 bits per heavy atom. The van der Waals surface area contributed by atoms with Gasteiger partial charge in [-0.05, 0) is 28.8 Å². The molecule has 4 rings (SSSR count). The Kier molecular flexibility index (Phi) is 3.86. The van der Waals surface area contributed by atoms with Crippen molar-refractivity contribution in [2.45, 2.75) is 25.0 Å². The molecule has 0 spiro atoms. The second-order valence-corrected chi connectivity index (χ2v) is 6.40. The van der Waals surface area contributed by atoms with E-state index in [2.05, 4.69) is 90.4 Å². The lowest BCUT2D eigenvalue weighted by molar-refractivity contribution is 0.285. The van der Waals surface area contributed by atoms with Crippen molar-refractivity contribution in [1.82, 2.24) is 10.6 Å². The maximum Gasteiger partial charge on any atom is 0.0547 e. The summed E-state index contributed by atoms with van der Waals surface area (Å²) in [6.45, 7) is 3.18. The largest absolute Gasteiger partial charge is 0.301 e. The van der Waals surface area contributed by atoms with Crippen LogP contribution in [0.15, 0.2) is 72.8 Å². The highest BCUT2D eigenvalue weighted by Crippen LogP contribution is 2.34. The summed E-state index contributed by atoms with van der Waals surface area (Å²) < 4.78 is 0. The van der Waals surface area contributed by atoms with Gasteiger partial charge in [0.2, 0.25) is 0 Å². The van der Waals surface area contributed by atoms with Crippen LogP contribution in [-0.4, -0.2) is 12.7 Å². The van der Waals surface area contributed by atoms with Crippen molar-refractivity contribution in [3.05, 3.63) is 83.9 Å². The Morgan fingerprint density at radius 2 is 1.52 bits per heavy atom. The molecule has 1 aliphatic heterocycles. The van der Waals surface area contributed by atoms with Crippen LogP contribution in [0.4, 0.5) is 0 Å². The first-order valence-electron chi connectivity index (χ1n) is 8.34. The van der Waals surface area contributed by atoms with Crippen LogP contribution < -0.4 is 10.6 Å². The third kappa shape index (κ3) is 2.88. The minimum atomic E-state index is 0.330. The molecule has 2 N–H and O–H groups in total. The molecule has 1 fully saturated rings. The average molecular weight is 302 g/mol. The standard InChI is InChI=1S/C21H22N2/c1-15-22-14-20(21(23-15)17-8-3-2-4-9-17)19-12-11-16-7-5-6-10-18(16)13-19/h2-13,15,20-23H,14H2,1H3/t15?,20-,21-/m1/s1. The number of hydrogen-bond acceptors (Lipinski definition) is 2. The molecule has 3 aromatic carbocycles. The molecule has 3 atom stereocenters. The van der Waals surface area contributed by atoms with E-state index in [4.69, 9.17) is 0 Å². The third-order valence-electron chi connectivity index (χ3n) is 4.84. The molecule has 0 amide bonds. The lowest BCUT2D eigenvalue weighted by Gasteiger charge is -2.38. The summed E-state index contributed by atoms with van der Waals surface area (Å²) in [6.07, 6.45) is 0.330. The van der Waals surface area contributed by atoms with Crippen LogP contribution in [0.5, 0.6) is 0 Å². The van der Waals surface area contributed by atoms with E-state index in [0.29, 0.717) is 18.1 Å². The normalized spacial score (nSPS) is 24.7. The fourth-order valence-corrected chi connectivity index (χ4v) is 3.60. The molecule has 0 saturated carbocycles. The maximum absolute atomic E-state index is 3.72. The van der Waals surface area contributed by atoms with Crippen LogP contribution in [0, 0.1) is 0 Å². The number of hydrogen-bond donors (Lipinski definition) is 2. The topological polar surface area (TPSA) is 24.1 Å². The fourth-order valence-electron chi connectivity index (χ4n) is 3.60. The molecule has 0 radical (unpaired) electrons. The molecule has 0 aliphatic carbocycles. The third-order valence-corrected chi connectivity index (χ3v) is 4.84. The van der Waals surface area contributed by atoms with Gasteiger partial charge in [0.1, 0.15) is 0 Å². The number of fused-ring (bicyclic) bond motifs is 1. The van der Waals surface area contributed by atoms with E-state index in [1.807, 2.05) is 0 Å². The number of nitrogens with one attached hydrogen (secondary N) is 2. The highest BCUT2D eigenvalue weighted by atomic mass is 15.2. The highest BCUT2D eigenvalue weighted by Gasteiger charge is 2.30. The van der Waals surface area contributed by atoms with Crippen molar-refractivity contribution < 1.29 is 0 Å². The van der Waals surface area contributed by atoms with Gasteiger partial charge < -0.3 is 5.32 Å². The Morgan fingerprint density at radius 3 is 2.35 bits per heavy atom. The summed E-state index contributed by atoms with van der Waals surface area (Å²) in [5.41, 5.74) is 2.75. The summed E-state index contributed by atoms with van der Waals surface area (Å²) in [5.74, 6) is 0.429. The quantitative estimate of drug-likeness (QED) is 0.741. The van der Waals surface area contributed by atoms with Crippen LogP contribution >= 0.6 is 0 Å². The van der Waals surface area contributed by atoms with Crippen LogP contribution in [0.3, 0.4) is 0 Å². The van der Waals surface area contributed by atoms with Crippen molar-refractivity contribution in [2.75, 3.05) is 6.54 Å². The summed E-state index contributed by atoms with van der Waals surface area (Å²) in [6, 6.07) is 26.6. The molecular formula is C21H22N2. The molecule has 116 valence electrons. The molecule has 0 aromatic heterocycles. The molecule has 1 heterocycles. The van der Waals surface area contributed by atoms with Gasteiger partial charge in [0.15, 0.2) is 0 Å². The average Bonchev–Trinajstić information content (AvgIpc) is 2.62. The molecule has 23 heavy (non-hydrogen) atoms. The van der Waals surface area contributed by atoms with Crippen LogP contribution in [-0.2, 0) is 0 Å². The smallest absolute Gasteiger partial charge is 0.0547 e. The van der Waals surface area contributed by atoms with Gasteiger partial charge in [-0.3, -0.25) is 5.32 Å². The molecule has 2 nitrogen and oxygen atoms in total. The summed E-state index contributed by atoms with van der Waals surface area (Å²) in [4.78, 5) is 0. The first-order chi connectivity index (χ1) is 11.3. The van der Waals surface area contributed by atoms with Gasteiger partial charge in [0, 0.05) is 18.5 Å². The molecule has 1 saturated heterocycles. The molecule has 2 heteroatoms. The minimum Gasteiger partial charge on any atom is -0.301 e. The van der Waals surface area contributed by atoms with Crippen LogP contribution in [0.2, 0.25) is 0 Å². The lowest BCUT2D eigenvalue weighted by Crippen LogP contribution is -2.51. The molecule has 1 unspecified atom stereocenters. The van der Waals surface area contributed by atoms with Crippen molar-refractivity contribution >= 4 is 10.8 Å². The molecule has 1 aliphatic rings. The van der Waals surface area contributed by atoms with E-state index in [-0.39, 0.29) is 0 Å². The van der Waals surface area contributed by atoms with Crippen molar-refractivity contribution in [3.63, 3.8) is 0 Å². The van der Waals surface area contributed by atoms with Crippen LogP contribution in [0.25, 0.3) is 10.8 Å². The van der Waals surface area contributed by atoms with Crippen molar-refractivity contribution in [3.8, 4) is 0 Å². The molecular weight excluding hydrogens is 280 g/mol.